The summed E-state index contributed by atoms with van der Waals surface area (Å²) in [5.74, 6) is 0.270. The standard InChI is InChI=1S/C34H41FN2O3/c1-7-30-32(26-10-14-28(15-11-26)39-21-16-25-8-12-27(35)13-9-25)33(37-19-17-34(5,6)18-20-37)29(24(4)36-30)22-31(38)40-23(2)3/h7-15,23H,1,16-22H2,2-6H3. The van der Waals surface area contributed by atoms with Crippen molar-refractivity contribution in [2.45, 2.75) is 66.4 Å². The van der Waals surface area contributed by atoms with E-state index < -0.39 is 0 Å². The number of ether oxygens (including phenoxy) is 2. The highest BCUT2D eigenvalue weighted by Crippen LogP contribution is 2.42. The van der Waals surface area contributed by atoms with Gasteiger partial charge < -0.3 is 14.4 Å². The average molecular weight is 545 g/mol. The third kappa shape index (κ3) is 7.29. The van der Waals surface area contributed by atoms with Crippen molar-refractivity contribution in [3.05, 3.63) is 83.4 Å². The number of halogens is 1. The molecule has 40 heavy (non-hydrogen) atoms. The summed E-state index contributed by atoms with van der Waals surface area (Å²) in [6.45, 7) is 16.7. The van der Waals surface area contributed by atoms with Crippen molar-refractivity contribution in [2.75, 3.05) is 24.6 Å². The molecule has 4 rings (SSSR count). The monoisotopic (exact) mass is 544 g/mol. The fourth-order valence-corrected chi connectivity index (χ4v) is 5.18. The molecule has 0 radical (unpaired) electrons. The number of hydrogen-bond donors (Lipinski definition) is 0. The third-order valence-electron chi connectivity index (χ3n) is 7.53. The molecule has 1 aromatic heterocycles. The van der Waals surface area contributed by atoms with Crippen LogP contribution in [0.15, 0.2) is 55.1 Å². The van der Waals surface area contributed by atoms with E-state index >= 15 is 0 Å². The molecule has 0 amide bonds. The van der Waals surface area contributed by atoms with E-state index in [-0.39, 0.29) is 29.7 Å². The van der Waals surface area contributed by atoms with E-state index in [1.807, 2.05) is 45.0 Å². The Kier molecular flexibility index (Phi) is 9.28. The number of nitrogens with zero attached hydrogens (tertiary/aromatic N) is 2. The summed E-state index contributed by atoms with van der Waals surface area (Å²) in [4.78, 5) is 20.2. The van der Waals surface area contributed by atoms with Gasteiger partial charge in [0, 0.05) is 36.3 Å². The van der Waals surface area contributed by atoms with Crippen LogP contribution in [-0.2, 0) is 22.4 Å². The van der Waals surface area contributed by atoms with Crippen LogP contribution in [-0.4, -0.2) is 36.8 Å². The van der Waals surface area contributed by atoms with Crippen LogP contribution in [0.1, 0.15) is 63.1 Å². The van der Waals surface area contributed by atoms with Crippen LogP contribution in [0.25, 0.3) is 17.2 Å². The maximum Gasteiger partial charge on any atom is 0.310 e. The molecule has 0 N–H and O–H groups in total. The number of pyridine rings is 1. The normalized spacial score (nSPS) is 14.7. The SMILES string of the molecule is C=Cc1nc(C)c(CC(=O)OC(C)C)c(N2CCC(C)(C)CC2)c1-c1ccc(OCCc2ccc(F)cc2)cc1. The Labute approximate surface area is 238 Å². The minimum Gasteiger partial charge on any atom is -0.493 e. The van der Waals surface area contributed by atoms with Crippen molar-refractivity contribution in [3.63, 3.8) is 0 Å². The Bertz CT molecular complexity index is 1320. The van der Waals surface area contributed by atoms with Crippen molar-refractivity contribution >= 4 is 17.7 Å². The van der Waals surface area contributed by atoms with Gasteiger partial charge >= 0.3 is 5.97 Å². The molecule has 1 saturated heterocycles. The molecule has 0 aliphatic carbocycles. The summed E-state index contributed by atoms with van der Waals surface area (Å²) in [5.41, 5.74) is 6.84. The van der Waals surface area contributed by atoms with Gasteiger partial charge in [-0.15, -0.1) is 0 Å². The van der Waals surface area contributed by atoms with E-state index in [9.17, 15) is 9.18 Å². The number of carbonyl (C=O) groups excluding carboxylic acids is 1. The number of rotatable bonds is 10. The first kappa shape index (κ1) is 29.3. The van der Waals surface area contributed by atoms with Crippen LogP contribution in [0.5, 0.6) is 5.75 Å². The van der Waals surface area contributed by atoms with E-state index in [0.717, 1.165) is 71.0 Å². The molecule has 2 aromatic carbocycles. The zero-order valence-electron chi connectivity index (χ0n) is 24.4. The summed E-state index contributed by atoms with van der Waals surface area (Å²) in [5, 5.41) is 0. The molecular formula is C34H41FN2O3. The van der Waals surface area contributed by atoms with E-state index in [1.54, 1.807) is 18.2 Å². The molecule has 1 aliphatic heterocycles. The lowest BCUT2D eigenvalue weighted by Gasteiger charge is -2.40. The van der Waals surface area contributed by atoms with E-state index in [2.05, 4.69) is 25.3 Å². The summed E-state index contributed by atoms with van der Waals surface area (Å²) in [6, 6.07) is 14.5. The Hall–Kier alpha value is -3.67. The average Bonchev–Trinajstić information content (AvgIpc) is 2.91. The molecule has 5 nitrogen and oxygen atoms in total. The maximum atomic E-state index is 13.2. The molecule has 0 saturated carbocycles. The molecule has 1 aliphatic rings. The van der Waals surface area contributed by atoms with Crippen molar-refractivity contribution in [1.82, 2.24) is 4.98 Å². The fraction of sp³-hybridized carbons (Fsp3) is 0.412. The number of carbonyl (C=O) groups is 1. The van der Waals surface area contributed by atoms with E-state index in [0.29, 0.717) is 13.0 Å². The van der Waals surface area contributed by atoms with Gasteiger partial charge in [0.05, 0.1) is 30.5 Å². The molecular weight excluding hydrogens is 503 g/mol. The van der Waals surface area contributed by atoms with Crippen LogP contribution in [0.2, 0.25) is 0 Å². The van der Waals surface area contributed by atoms with Gasteiger partial charge in [-0.1, -0.05) is 44.7 Å². The minimum absolute atomic E-state index is 0.168. The number of aromatic nitrogens is 1. The number of anilines is 1. The van der Waals surface area contributed by atoms with Crippen LogP contribution in [0, 0.1) is 18.2 Å². The Morgan fingerprint density at radius 1 is 1.10 bits per heavy atom. The number of benzene rings is 2. The molecule has 6 heteroatoms. The summed E-state index contributed by atoms with van der Waals surface area (Å²) >= 11 is 0. The number of hydrogen-bond acceptors (Lipinski definition) is 5. The number of piperidine rings is 1. The zero-order valence-corrected chi connectivity index (χ0v) is 24.4. The van der Waals surface area contributed by atoms with E-state index in [1.165, 1.54) is 12.1 Å². The Balaban J connectivity index is 1.66. The van der Waals surface area contributed by atoms with Gasteiger partial charge in [-0.2, -0.15) is 0 Å². The maximum absolute atomic E-state index is 13.2. The summed E-state index contributed by atoms with van der Waals surface area (Å²) < 4.78 is 24.7. The predicted molar refractivity (Wildman–Crippen MR) is 160 cm³/mol. The molecule has 0 bridgehead atoms. The highest BCUT2D eigenvalue weighted by molar-refractivity contribution is 5.89. The smallest absolute Gasteiger partial charge is 0.310 e. The van der Waals surface area contributed by atoms with Crippen LogP contribution in [0.3, 0.4) is 0 Å². The van der Waals surface area contributed by atoms with Gasteiger partial charge in [-0.25, -0.2) is 4.39 Å². The number of aryl methyl sites for hydroxylation is 1. The molecule has 3 aromatic rings. The van der Waals surface area contributed by atoms with Gasteiger partial charge in [0.25, 0.3) is 0 Å². The Morgan fingerprint density at radius 3 is 2.35 bits per heavy atom. The van der Waals surface area contributed by atoms with Gasteiger partial charge in [0.15, 0.2) is 0 Å². The first-order valence-electron chi connectivity index (χ1n) is 14.1. The summed E-state index contributed by atoms with van der Waals surface area (Å²) in [6.07, 6.45) is 4.60. The quantitative estimate of drug-likeness (QED) is 0.246. The second-order valence-corrected chi connectivity index (χ2v) is 11.6. The minimum atomic E-state index is -0.249. The van der Waals surface area contributed by atoms with Crippen LogP contribution in [0.4, 0.5) is 10.1 Å². The van der Waals surface area contributed by atoms with Crippen molar-refractivity contribution in [3.8, 4) is 16.9 Å². The topological polar surface area (TPSA) is 51.7 Å². The molecule has 0 spiro atoms. The molecule has 1 fully saturated rings. The second kappa shape index (κ2) is 12.7. The Morgan fingerprint density at radius 2 is 1.75 bits per heavy atom. The van der Waals surface area contributed by atoms with Crippen molar-refractivity contribution in [2.24, 2.45) is 5.41 Å². The van der Waals surface area contributed by atoms with Gasteiger partial charge in [-0.05, 0) is 80.5 Å². The molecule has 2 heterocycles. The fourth-order valence-electron chi connectivity index (χ4n) is 5.18. The van der Waals surface area contributed by atoms with Crippen LogP contribution < -0.4 is 9.64 Å². The molecule has 0 unspecified atom stereocenters. The largest absolute Gasteiger partial charge is 0.493 e. The predicted octanol–water partition coefficient (Wildman–Crippen LogP) is 7.58. The highest BCUT2D eigenvalue weighted by atomic mass is 19.1. The van der Waals surface area contributed by atoms with Crippen molar-refractivity contribution < 1.29 is 18.7 Å². The summed E-state index contributed by atoms with van der Waals surface area (Å²) in [7, 11) is 0. The zero-order chi connectivity index (χ0) is 28.9. The first-order valence-corrected chi connectivity index (χ1v) is 14.1. The first-order chi connectivity index (χ1) is 19.1. The number of esters is 1. The van der Waals surface area contributed by atoms with Gasteiger partial charge in [0.1, 0.15) is 11.6 Å². The third-order valence-corrected chi connectivity index (χ3v) is 7.53. The van der Waals surface area contributed by atoms with Gasteiger partial charge in [0.2, 0.25) is 0 Å². The highest BCUT2D eigenvalue weighted by Gasteiger charge is 2.30. The lowest BCUT2D eigenvalue weighted by atomic mass is 9.82. The van der Waals surface area contributed by atoms with Crippen LogP contribution >= 0.6 is 0 Å². The second-order valence-electron chi connectivity index (χ2n) is 11.6. The molecule has 212 valence electrons. The van der Waals surface area contributed by atoms with Crippen molar-refractivity contribution in [1.29, 1.82) is 0 Å². The van der Waals surface area contributed by atoms with Gasteiger partial charge in [-0.3, -0.25) is 9.78 Å². The van der Waals surface area contributed by atoms with E-state index in [4.69, 9.17) is 14.5 Å². The lowest BCUT2D eigenvalue weighted by Crippen LogP contribution is -2.38. The molecule has 0 atom stereocenters. The lowest BCUT2D eigenvalue weighted by molar-refractivity contribution is -0.146.